The van der Waals surface area contributed by atoms with Crippen LogP contribution >= 0.6 is 35.5 Å². The maximum absolute atomic E-state index is 12.9. The minimum absolute atomic E-state index is 0.0383. The summed E-state index contributed by atoms with van der Waals surface area (Å²) in [4.78, 5) is 78.1. The molecule has 0 aliphatic carbocycles. The van der Waals surface area contributed by atoms with Gasteiger partial charge in [-0.1, -0.05) is 29.7 Å². The number of anilines is 1. The number of hydrogen-bond donors (Lipinski definition) is 12. The Hall–Kier alpha value is -4.51. The fourth-order valence-electron chi connectivity index (χ4n) is 10.5. The van der Waals surface area contributed by atoms with E-state index in [1.165, 1.54) is 30.5 Å². The van der Waals surface area contributed by atoms with E-state index in [-0.39, 0.29) is 74.7 Å². The topological polar surface area (TPSA) is 529 Å². The van der Waals surface area contributed by atoms with Gasteiger partial charge in [-0.3, -0.25) is 37.3 Å². The lowest BCUT2D eigenvalue weighted by Gasteiger charge is -2.29. The van der Waals surface area contributed by atoms with Gasteiger partial charge >= 0.3 is 29.2 Å². The fraction of sp³-hybridized carbons (Fsp3) is 0.600. The minimum atomic E-state index is -5.80. The van der Waals surface area contributed by atoms with Gasteiger partial charge in [-0.05, 0) is 96.8 Å². The Kier molecular flexibility index (Phi) is 28.8. The van der Waals surface area contributed by atoms with Crippen LogP contribution in [-0.4, -0.2) is 173 Å². The summed E-state index contributed by atoms with van der Waals surface area (Å²) in [5.74, 6) is -1.38. The number of nitrogens with zero attached hydrogens (tertiary/aromatic N) is 5. The van der Waals surface area contributed by atoms with Crippen LogP contribution in [0.1, 0.15) is 128 Å². The molecule has 518 valence electrons. The van der Waals surface area contributed by atoms with Gasteiger partial charge in [0.2, 0.25) is 17.5 Å². The lowest BCUT2D eigenvalue weighted by molar-refractivity contribution is -0.438. The summed E-state index contributed by atoms with van der Waals surface area (Å²) in [5, 5.41) is 34.8. The average Bonchev–Trinajstić information content (AvgIpc) is 1.58. The molecule has 0 spiro atoms. The first-order chi connectivity index (χ1) is 42.8. The molecule has 0 bridgehead atoms. The van der Waals surface area contributed by atoms with E-state index in [0.29, 0.717) is 98.7 Å². The fourth-order valence-corrected chi connectivity index (χ4v) is 15.4. The van der Waals surface area contributed by atoms with Crippen molar-refractivity contribution in [2.45, 2.75) is 139 Å². The van der Waals surface area contributed by atoms with Crippen LogP contribution in [0.25, 0.3) is 6.08 Å². The van der Waals surface area contributed by atoms with Gasteiger partial charge in [0.25, 0.3) is 30.4 Å². The van der Waals surface area contributed by atoms with Crippen LogP contribution in [0.15, 0.2) is 69.2 Å². The molecule has 1 aromatic carbocycles. The van der Waals surface area contributed by atoms with E-state index in [1.54, 1.807) is 43.2 Å². The number of benzene rings is 1. The van der Waals surface area contributed by atoms with Crippen molar-refractivity contribution >= 4 is 107 Å². The molecule has 92 heavy (non-hydrogen) atoms. The number of amides is 2. The number of hydrazone groups is 1. The van der Waals surface area contributed by atoms with Crippen LogP contribution < -0.4 is 22.1 Å². The molecule has 1 fully saturated rings. The third-order valence-corrected chi connectivity index (χ3v) is 21.9. The van der Waals surface area contributed by atoms with Gasteiger partial charge in [0, 0.05) is 109 Å². The molecule has 3 aliphatic rings. The third kappa shape index (κ3) is 24.6. The van der Waals surface area contributed by atoms with Crippen LogP contribution in [0.5, 0.6) is 0 Å². The highest BCUT2D eigenvalue weighted by atomic mass is 32.2. The number of aromatic nitrogens is 2. The van der Waals surface area contributed by atoms with E-state index in [9.17, 15) is 81.9 Å². The third-order valence-electron chi connectivity index (χ3n) is 15.0. The first kappa shape index (κ1) is 78.2. The number of nitrogens with two attached hydrogens (primary N) is 1. The molecular weight excluding hydrogens is 1370 g/mol. The number of nitrogen functional groups attached to an aromatic ring is 1. The molecule has 3 aliphatic heterocycles. The number of aliphatic hydroxyl groups excluding tert-OH is 1. The van der Waals surface area contributed by atoms with Crippen molar-refractivity contribution in [2.24, 2.45) is 10.5 Å². The lowest BCUT2D eigenvalue weighted by Crippen LogP contribution is -2.32. The maximum Gasteiger partial charge on any atom is 0.490 e. The standard InChI is InChI=1S/C50H77N8O27P3S4/c1-35-49(2,22-12-29-90(71,72)73)43(58(55-35)27-14-28-89-83-82-63)17-10-16-42-50(3,23-13-30-91(74,75)76)38-31-37(92(77,78)79)20-21-39(38)56(42)26-9-5-7-19-44(60)52-24-8-4-6-18-45(61)53-25-11-15-36-33-57(48(62)54-47(36)51)46-32-40(59)41(81-46)34-80-87(67,68)85-88(69,70)84-86(64,65)66/h10-11,15-17,20-21,31,33,40-41,46,59H,4-9,12-14,18-19,22-30,32,34H2,1-3H3,(H11-,51,52,53,54,60,61,62,63,64,65,66,67,68,69,70,71,72,73,74,75,76,77,78,79)/p+1/b15-11+/t40-,41-,46-,49?,50?/m1/s1. The minimum Gasteiger partial charge on any atom is -0.390 e. The number of hydrogen-bond acceptors (Lipinski definition) is 25. The smallest absolute Gasteiger partial charge is 0.390 e. The number of phosphoric ester groups is 1. The molecule has 35 nitrogen and oxygen atoms in total. The number of fused-ring (bicyclic) bond motifs is 1. The zero-order valence-corrected chi connectivity index (χ0v) is 56.1. The molecule has 2 amide bonds. The van der Waals surface area contributed by atoms with Crippen LogP contribution in [0.3, 0.4) is 0 Å². The number of carbonyl (C=O) groups is 2. The summed E-state index contributed by atoms with van der Waals surface area (Å²) in [6, 6.07) is 4.13. The van der Waals surface area contributed by atoms with Crippen molar-refractivity contribution in [1.29, 1.82) is 0 Å². The molecule has 0 saturated carbocycles. The first-order valence-electron chi connectivity index (χ1n) is 28.5. The van der Waals surface area contributed by atoms with Gasteiger partial charge in [-0.25, -0.2) is 23.7 Å². The molecule has 4 unspecified atom stereocenters. The molecule has 4 heterocycles. The van der Waals surface area contributed by atoms with Crippen molar-refractivity contribution in [3.05, 3.63) is 76.0 Å². The van der Waals surface area contributed by atoms with Crippen LogP contribution in [0.4, 0.5) is 11.5 Å². The van der Waals surface area contributed by atoms with E-state index < -0.39 is 112 Å². The van der Waals surface area contributed by atoms with Crippen LogP contribution in [0, 0.1) is 5.41 Å². The highest BCUT2D eigenvalue weighted by molar-refractivity contribution is 7.94. The number of carbonyl (C=O) groups excluding carboxylic acids is 2. The number of phosphoric acid groups is 3. The Bertz CT molecular complexity index is 3680. The molecule has 0 radical (unpaired) electrons. The van der Waals surface area contributed by atoms with Crippen molar-refractivity contribution in [2.75, 3.05) is 55.8 Å². The first-order valence-corrected chi connectivity index (χ1v) is 38.5. The van der Waals surface area contributed by atoms with E-state index in [2.05, 4.69) is 38.1 Å². The van der Waals surface area contributed by atoms with Crippen molar-refractivity contribution in [1.82, 2.24) is 25.2 Å². The average molecular weight is 1440 g/mol. The SMILES string of the molecule is CC1=NN(CCCSOOO)/C(=C\C=C\C2=[N+](CCCCCC(=O)NCCCCCC(=O)NC/C=C/c3cn([C@H]4C[C@@H](O)[C@@H](COP(=O)(O)OP(=O)(O)OP(=O)(O)O)O4)c(=O)nc3N)c3ccc(S(=O)(=O)O)cc3C2(C)CCCS(=O)(=O)O)C1(C)CCCS(=O)(=O)O. The summed E-state index contributed by atoms with van der Waals surface area (Å²) in [6.07, 6.45) is 9.67. The van der Waals surface area contributed by atoms with Gasteiger partial charge < -0.3 is 45.8 Å². The largest absolute Gasteiger partial charge is 0.490 e. The predicted molar refractivity (Wildman–Crippen MR) is 331 cm³/mol. The van der Waals surface area contributed by atoms with Gasteiger partial charge in [-0.15, -0.1) is 4.33 Å². The molecule has 7 atom stereocenters. The Morgan fingerprint density at radius 1 is 0.870 bits per heavy atom. The summed E-state index contributed by atoms with van der Waals surface area (Å²) in [6.45, 7) is 5.59. The summed E-state index contributed by atoms with van der Waals surface area (Å²) in [7, 11) is -30.4. The second-order valence-electron chi connectivity index (χ2n) is 21.9. The van der Waals surface area contributed by atoms with Gasteiger partial charge in [0.05, 0.1) is 34.5 Å². The van der Waals surface area contributed by atoms with Gasteiger partial charge in [0.1, 0.15) is 24.7 Å². The number of ether oxygens (including phenoxy) is 1. The molecule has 42 heteroatoms. The molecule has 2 aromatic rings. The van der Waals surface area contributed by atoms with Crippen molar-refractivity contribution in [3.8, 4) is 0 Å². The molecule has 1 aromatic heterocycles. The highest BCUT2D eigenvalue weighted by Gasteiger charge is 2.49. The van der Waals surface area contributed by atoms with Crippen LogP contribution in [-0.2, 0) is 86.3 Å². The van der Waals surface area contributed by atoms with E-state index >= 15 is 0 Å². The number of unbranched alkanes of at least 4 members (excludes halogenated alkanes) is 4. The maximum atomic E-state index is 12.9. The molecule has 13 N–H and O–H groups in total. The molecule has 5 rings (SSSR count). The lowest BCUT2D eigenvalue weighted by atomic mass is 9.75. The summed E-state index contributed by atoms with van der Waals surface area (Å²) < 4.78 is 161. The van der Waals surface area contributed by atoms with Crippen molar-refractivity contribution < 1.29 is 124 Å². The zero-order chi connectivity index (χ0) is 68.5. The van der Waals surface area contributed by atoms with E-state index in [0.717, 1.165) is 16.6 Å². The predicted octanol–water partition coefficient (Wildman–Crippen LogP) is 4.42. The Balaban J connectivity index is 1.14. The highest BCUT2D eigenvalue weighted by Crippen LogP contribution is 2.66. The zero-order valence-electron chi connectivity index (χ0n) is 50.1. The number of nitrogens with one attached hydrogen (secondary N) is 2. The molecule has 1 saturated heterocycles. The van der Waals surface area contributed by atoms with Gasteiger partial charge in [-0.2, -0.15) is 48.5 Å². The Labute approximate surface area is 534 Å². The Morgan fingerprint density at radius 2 is 1.51 bits per heavy atom. The second-order valence-corrected chi connectivity index (χ2v) is 31.7. The normalized spacial score (nSPS) is 22.3. The van der Waals surface area contributed by atoms with E-state index in [1.807, 2.05) is 11.5 Å². The summed E-state index contributed by atoms with van der Waals surface area (Å²) in [5.41, 5.74) is 6.29. The monoisotopic (exact) mass is 1440 g/mol. The molecular formula is C50H78N8O27P3S4+. The quantitative estimate of drug-likeness (QED) is 0.00835. The van der Waals surface area contributed by atoms with Crippen molar-refractivity contribution in [3.63, 3.8) is 0 Å². The van der Waals surface area contributed by atoms with E-state index in [4.69, 9.17) is 30.6 Å². The van der Waals surface area contributed by atoms with Gasteiger partial charge in [0.15, 0.2) is 5.71 Å². The van der Waals surface area contributed by atoms with Crippen LogP contribution in [0.2, 0.25) is 0 Å². The Morgan fingerprint density at radius 3 is 2.14 bits per heavy atom. The number of rotatable bonds is 40. The number of aliphatic hydroxyl groups is 1. The number of allylic oxidation sites excluding steroid dienone is 4. The summed E-state index contributed by atoms with van der Waals surface area (Å²) >= 11 is 0.858. The second kappa shape index (κ2) is 33.9.